The summed E-state index contributed by atoms with van der Waals surface area (Å²) in [6, 6.07) is 5.61. The molecule has 2 amide bonds. The highest BCUT2D eigenvalue weighted by Crippen LogP contribution is 2.32. The third kappa shape index (κ3) is 6.37. The molecule has 174 valence electrons. The smallest absolute Gasteiger partial charge is 0.437 e. The molecule has 4 rings (SSSR count). The average Bonchev–Trinajstić information content (AvgIpc) is 3.67. The summed E-state index contributed by atoms with van der Waals surface area (Å²) in [5.41, 5.74) is 12.1. The van der Waals surface area contributed by atoms with Crippen molar-refractivity contribution in [1.29, 1.82) is 0 Å². The van der Waals surface area contributed by atoms with Gasteiger partial charge in [0.05, 0.1) is 18.0 Å². The molecule has 0 spiro atoms. The molecule has 0 bridgehead atoms. The number of guanidine groups is 1. The van der Waals surface area contributed by atoms with E-state index in [9.17, 15) is 9.59 Å². The fraction of sp³-hybridized carbons (Fsp3) is 0.455. The highest BCUT2D eigenvalue weighted by molar-refractivity contribution is 5.87. The van der Waals surface area contributed by atoms with E-state index in [0.717, 1.165) is 38.8 Å². The first-order chi connectivity index (χ1) is 16.0. The molecule has 2 aromatic heterocycles. The van der Waals surface area contributed by atoms with E-state index in [1.54, 1.807) is 30.6 Å². The van der Waals surface area contributed by atoms with E-state index >= 15 is 0 Å². The molecule has 1 saturated carbocycles. The van der Waals surface area contributed by atoms with Crippen LogP contribution in [0.4, 0.5) is 4.79 Å². The van der Waals surface area contributed by atoms with Crippen molar-refractivity contribution >= 4 is 18.0 Å². The number of likely N-dealkylation sites (tertiary alicyclic amines) is 1. The monoisotopic (exact) mass is 453 g/mol. The van der Waals surface area contributed by atoms with E-state index in [4.69, 9.17) is 20.9 Å². The van der Waals surface area contributed by atoms with Crippen molar-refractivity contribution in [2.24, 2.45) is 28.3 Å². The zero-order valence-corrected chi connectivity index (χ0v) is 18.2. The molecular weight excluding hydrogens is 426 g/mol. The Labute approximate surface area is 191 Å². The largest absolute Gasteiger partial charge is 0.463 e. The van der Waals surface area contributed by atoms with Gasteiger partial charge in [0.25, 0.3) is 0 Å². The maximum atomic E-state index is 12.2. The summed E-state index contributed by atoms with van der Waals surface area (Å²) in [4.78, 5) is 41.9. The van der Waals surface area contributed by atoms with Gasteiger partial charge in [0, 0.05) is 37.0 Å². The van der Waals surface area contributed by atoms with E-state index < -0.39 is 6.09 Å². The first-order valence-corrected chi connectivity index (χ1v) is 10.9. The number of pyridine rings is 1. The zero-order chi connectivity index (χ0) is 23.2. The Morgan fingerprint density at radius 2 is 1.82 bits per heavy atom. The van der Waals surface area contributed by atoms with Gasteiger partial charge in [-0.15, -0.1) is 4.99 Å². The molecule has 2 fully saturated rings. The van der Waals surface area contributed by atoms with Crippen LogP contribution in [-0.4, -0.2) is 57.5 Å². The first kappa shape index (κ1) is 22.4. The lowest BCUT2D eigenvalue weighted by Gasteiger charge is -2.31. The number of carbonyl (C=O) groups is 2. The van der Waals surface area contributed by atoms with E-state index in [-0.39, 0.29) is 18.5 Å². The highest BCUT2D eigenvalue weighted by atomic mass is 16.5. The van der Waals surface area contributed by atoms with Gasteiger partial charge in [-0.2, -0.15) is 0 Å². The van der Waals surface area contributed by atoms with Gasteiger partial charge < -0.3 is 25.8 Å². The minimum Gasteiger partial charge on any atom is -0.463 e. The van der Waals surface area contributed by atoms with Crippen LogP contribution in [0.15, 0.2) is 35.6 Å². The predicted molar refractivity (Wildman–Crippen MR) is 119 cm³/mol. The number of carbonyl (C=O) groups excluding carboxylic acids is 2. The number of hydrogen-bond acceptors (Lipinski definition) is 7. The number of aromatic nitrogens is 3. The van der Waals surface area contributed by atoms with Crippen molar-refractivity contribution < 1.29 is 19.1 Å². The molecule has 0 unspecified atom stereocenters. The summed E-state index contributed by atoms with van der Waals surface area (Å²) in [6.07, 6.45) is 6.34. The number of rotatable bonds is 7. The van der Waals surface area contributed by atoms with Crippen molar-refractivity contribution in [3.05, 3.63) is 36.3 Å². The molecule has 4 N–H and O–H groups in total. The number of nitrogens with zero attached hydrogens (tertiary/aromatic N) is 5. The first-order valence-electron chi connectivity index (χ1n) is 10.9. The molecule has 33 heavy (non-hydrogen) atoms. The van der Waals surface area contributed by atoms with Crippen LogP contribution in [0, 0.1) is 11.8 Å². The third-order valence-electron chi connectivity index (χ3n) is 5.60. The lowest BCUT2D eigenvalue weighted by atomic mass is 9.97. The minimum absolute atomic E-state index is 0.0728. The molecule has 0 atom stereocenters. The van der Waals surface area contributed by atoms with E-state index in [1.807, 2.05) is 4.90 Å². The van der Waals surface area contributed by atoms with Crippen molar-refractivity contribution in [2.75, 3.05) is 19.7 Å². The predicted octanol–water partition coefficient (Wildman–Crippen LogP) is 1.48. The van der Waals surface area contributed by atoms with Crippen LogP contribution in [0.25, 0.3) is 11.3 Å². The fourth-order valence-electron chi connectivity index (χ4n) is 3.62. The minimum atomic E-state index is -0.882. The summed E-state index contributed by atoms with van der Waals surface area (Å²) in [5.74, 6) is 0.615. The third-order valence-corrected chi connectivity index (χ3v) is 5.60. The molecule has 2 aromatic rings. The maximum Gasteiger partial charge on any atom is 0.437 e. The van der Waals surface area contributed by atoms with Gasteiger partial charge in [0.1, 0.15) is 6.61 Å². The van der Waals surface area contributed by atoms with Crippen LogP contribution in [-0.2, 0) is 16.1 Å². The number of piperidine rings is 1. The van der Waals surface area contributed by atoms with Crippen LogP contribution in [0.5, 0.6) is 6.01 Å². The van der Waals surface area contributed by atoms with Crippen LogP contribution >= 0.6 is 0 Å². The van der Waals surface area contributed by atoms with Crippen molar-refractivity contribution in [3.63, 3.8) is 0 Å². The Bertz CT molecular complexity index is 1010. The van der Waals surface area contributed by atoms with Crippen molar-refractivity contribution in [3.8, 4) is 17.3 Å². The number of amides is 2. The van der Waals surface area contributed by atoms with Crippen molar-refractivity contribution in [2.45, 2.75) is 32.3 Å². The molecule has 11 heteroatoms. The van der Waals surface area contributed by atoms with Crippen LogP contribution in [0.2, 0.25) is 0 Å². The van der Waals surface area contributed by atoms with Crippen LogP contribution in [0.3, 0.4) is 0 Å². The highest BCUT2D eigenvalue weighted by Gasteiger charge is 2.34. The molecule has 0 aromatic carbocycles. The average molecular weight is 454 g/mol. The Hall–Kier alpha value is -3.76. The fourth-order valence-corrected chi connectivity index (χ4v) is 3.62. The molecule has 1 aliphatic carbocycles. The Morgan fingerprint density at radius 1 is 1.09 bits per heavy atom. The molecule has 0 radical (unpaired) electrons. The van der Waals surface area contributed by atoms with E-state index in [1.165, 1.54) is 0 Å². The standard InChI is InChI=1S/C22H27N7O4/c23-20(24)28-22(31)33-13-17-2-1-3-18(27-17)16-10-25-21(26-11-16)32-12-14-6-8-29(9-7-14)19(30)15-4-5-15/h1-3,10-11,14-15H,4-9,12-13H2,(H4,23,24,28,31). The second kappa shape index (κ2) is 10.2. The zero-order valence-electron chi connectivity index (χ0n) is 18.2. The van der Waals surface area contributed by atoms with Gasteiger partial charge in [-0.1, -0.05) is 6.07 Å². The van der Waals surface area contributed by atoms with Crippen LogP contribution < -0.4 is 16.2 Å². The van der Waals surface area contributed by atoms with Gasteiger partial charge in [0.2, 0.25) is 5.91 Å². The summed E-state index contributed by atoms with van der Waals surface area (Å²) in [7, 11) is 0. The van der Waals surface area contributed by atoms with Crippen LogP contribution in [0.1, 0.15) is 31.4 Å². The van der Waals surface area contributed by atoms with Gasteiger partial charge >= 0.3 is 12.1 Å². The van der Waals surface area contributed by atoms with Gasteiger partial charge in [-0.3, -0.25) is 4.79 Å². The molecule has 2 aliphatic rings. The van der Waals surface area contributed by atoms with Gasteiger partial charge in [-0.25, -0.2) is 19.7 Å². The van der Waals surface area contributed by atoms with Gasteiger partial charge in [-0.05, 0) is 43.7 Å². The molecule has 1 saturated heterocycles. The Morgan fingerprint density at radius 3 is 2.48 bits per heavy atom. The van der Waals surface area contributed by atoms with E-state index in [0.29, 0.717) is 41.4 Å². The molecule has 3 heterocycles. The number of nitrogens with two attached hydrogens (primary N) is 2. The molecular formula is C22H27N7O4. The van der Waals surface area contributed by atoms with Crippen molar-refractivity contribution in [1.82, 2.24) is 19.9 Å². The van der Waals surface area contributed by atoms with E-state index in [2.05, 4.69) is 19.9 Å². The number of hydrogen-bond donors (Lipinski definition) is 2. The Kier molecular flexibility index (Phi) is 6.96. The molecule has 11 nitrogen and oxygen atoms in total. The topological polar surface area (TPSA) is 159 Å². The number of aliphatic imine (C=N–C) groups is 1. The quantitative estimate of drug-likeness (QED) is 0.467. The SMILES string of the molecule is NC(N)=NC(=O)OCc1cccc(-c2cnc(OCC3CCN(C(=O)C4CC4)CC3)nc2)n1. The summed E-state index contributed by atoms with van der Waals surface area (Å²) in [5, 5.41) is 0. The normalized spacial score (nSPS) is 16.2. The summed E-state index contributed by atoms with van der Waals surface area (Å²) >= 11 is 0. The number of ether oxygens (including phenoxy) is 2. The molecule has 1 aliphatic heterocycles. The van der Waals surface area contributed by atoms with Gasteiger partial charge in [0.15, 0.2) is 5.96 Å². The Balaban J connectivity index is 1.26. The maximum absolute atomic E-state index is 12.2. The lowest BCUT2D eigenvalue weighted by Crippen LogP contribution is -2.40. The summed E-state index contributed by atoms with van der Waals surface area (Å²) in [6.45, 7) is 2.05. The second-order valence-corrected chi connectivity index (χ2v) is 8.21. The lowest BCUT2D eigenvalue weighted by molar-refractivity contribution is -0.134. The second-order valence-electron chi connectivity index (χ2n) is 8.21. The summed E-state index contributed by atoms with van der Waals surface area (Å²) < 4.78 is 10.7.